The molecule has 0 aliphatic carbocycles. The largest absolute Gasteiger partial charge is 0.464 e. The average Bonchev–Trinajstić information content (AvgIpc) is 2.83. The first-order valence-electron chi connectivity index (χ1n) is 4.40. The molecule has 4 nitrogen and oxygen atoms in total. The topological polar surface area (TPSA) is 64.9 Å². The lowest BCUT2D eigenvalue weighted by atomic mass is 10.2. The van der Waals surface area contributed by atoms with Crippen molar-refractivity contribution in [3.63, 3.8) is 0 Å². The molecule has 5 heteroatoms. The van der Waals surface area contributed by atoms with Crippen LogP contribution in [0.15, 0.2) is 34.9 Å². The first-order chi connectivity index (χ1) is 7.34. The van der Waals surface area contributed by atoms with Crippen LogP contribution in [0, 0.1) is 0 Å². The van der Waals surface area contributed by atoms with Gasteiger partial charge in [-0.1, -0.05) is 29.5 Å². The van der Waals surface area contributed by atoms with Crippen LogP contribution in [-0.2, 0) is 0 Å². The summed E-state index contributed by atoms with van der Waals surface area (Å²) in [5, 5.41) is 10.1. The molecule has 0 atom stereocenters. The molecule has 74 valence electrons. The van der Waals surface area contributed by atoms with Gasteiger partial charge in [0, 0.05) is 5.39 Å². The van der Waals surface area contributed by atoms with E-state index in [1.54, 1.807) is 6.26 Å². The van der Waals surface area contributed by atoms with Crippen LogP contribution in [0.2, 0.25) is 0 Å². The van der Waals surface area contributed by atoms with Gasteiger partial charge < -0.3 is 10.2 Å². The molecular formula is C10H7N3OS. The van der Waals surface area contributed by atoms with Gasteiger partial charge in [-0.3, -0.25) is 0 Å². The highest BCUT2D eigenvalue weighted by Crippen LogP contribution is 2.32. The minimum absolute atomic E-state index is 0.468. The van der Waals surface area contributed by atoms with Gasteiger partial charge in [-0.05, 0) is 6.07 Å². The van der Waals surface area contributed by atoms with E-state index in [1.807, 2.05) is 24.3 Å². The predicted octanol–water partition coefficient (Wildman–Crippen LogP) is 2.53. The fourth-order valence-electron chi connectivity index (χ4n) is 1.49. The number of anilines is 1. The van der Waals surface area contributed by atoms with Gasteiger partial charge in [0.05, 0.1) is 5.56 Å². The molecule has 0 unspecified atom stereocenters. The van der Waals surface area contributed by atoms with Crippen molar-refractivity contribution in [2.75, 3.05) is 5.73 Å². The number of benzene rings is 1. The number of furan rings is 1. The van der Waals surface area contributed by atoms with E-state index in [0.717, 1.165) is 21.5 Å². The van der Waals surface area contributed by atoms with Gasteiger partial charge in [-0.2, -0.15) is 0 Å². The second-order valence-corrected chi connectivity index (χ2v) is 4.10. The van der Waals surface area contributed by atoms with E-state index in [4.69, 9.17) is 10.2 Å². The van der Waals surface area contributed by atoms with Gasteiger partial charge in [-0.15, -0.1) is 10.2 Å². The Morgan fingerprint density at radius 1 is 1.20 bits per heavy atom. The summed E-state index contributed by atoms with van der Waals surface area (Å²) < 4.78 is 5.41. The Morgan fingerprint density at radius 3 is 2.87 bits per heavy atom. The number of aromatic nitrogens is 2. The first kappa shape index (κ1) is 8.43. The zero-order valence-corrected chi connectivity index (χ0v) is 8.49. The summed E-state index contributed by atoms with van der Waals surface area (Å²) in [5.74, 6) is 0. The highest BCUT2D eigenvalue weighted by molar-refractivity contribution is 7.18. The molecule has 2 heterocycles. The van der Waals surface area contributed by atoms with Crippen molar-refractivity contribution in [2.24, 2.45) is 0 Å². The maximum absolute atomic E-state index is 5.54. The zero-order valence-electron chi connectivity index (χ0n) is 7.68. The third-order valence-corrected chi connectivity index (χ3v) is 2.94. The Labute approximate surface area is 89.4 Å². The summed E-state index contributed by atoms with van der Waals surface area (Å²) in [7, 11) is 0. The molecule has 1 aromatic carbocycles. The number of rotatable bonds is 1. The fraction of sp³-hybridized carbons (Fsp3) is 0. The molecule has 0 bridgehead atoms. The molecule has 0 aliphatic rings. The Bertz CT molecular complexity index is 614. The highest BCUT2D eigenvalue weighted by atomic mass is 32.1. The highest BCUT2D eigenvalue weighted by Gasteiger charge is 2.11. The molecule has 0 saturated heterocycles. The summed E-state index contributed by atoms with van der Waals surface area (Å²) in [6.45, 7) is 0. The van der Waals surface area contributed by atoms with Crippen molar-refractivity contribution in [1.82, 2.24) is 10.2 Å². The number of hydrogen-bond acceptors (Lipinski definition) is 5. The molecule has 2 aromatic heterocycles. The van der Waals surface area contributed by atoms with Gasteiger partial charge in [-0.25, -0.2) is 0 Å². The van der Waals surface area contributed by atoms with Crippen LogP contribution in [0.3, 0.4) is 0 Å². The maximum atomic E-state index is 5.54. The fourth-order valence-corrected chi connectivity index (χ4v) is 2.12. The van der Waals surface area contributed by atoms with Crippen LogP contribution in [0.5, 0.6) is 0 Å². The molecule has 0 aliphatic heterocycles. The second-order valence-electron chi connectivity index (χ2n) is 3.09. The van der Waals surface area contributed by atoms with Crippen LogP contribution >= 0.6 is 11.3 Å². The van der Waals surface area contributed by atoms with Gasteiger partial charge in [0.25, 0.3) is 0 Å². The molecule has 0 saturated carbocycles. The predicted molar refractivity (Wildman–Crippen MR) is 59.5 cm³/mol. The van der Waals surface area contributed by atoms with Crippen LogP contribution in [-0.4, -0.2) is 10.2 Å². The smallest absolute Gasteiger partial charge is 0.203 e. The van der Waals surface area contributed by atoms with Crippen LogP contribution in [0.25, 0.3) is 21.5 Å². The average molecular weight is 217 g/mol. The van der Waals surface area contributed by atoms with Crippen molar-refractivity contribution in [3.05, 3.63) is 30.5 Å². The number of nitrogens with two attached hydrogens (primary N) is 1. The lowest BCUT2D eigenvalue weighted by Crippen LogP contribution is -1.79. The summed E-state index contributed by atoms with van der Waals surface area (Å²) in [5.41, 5.74) is 7.34. The van der Waals surface area contributed by atoms with Crippen LogP contribution in [0.4, 0.5) is 5.13 Å². The number of fused-ring (bicyclic) bond motifs is 1. The summed E-state index contributed by atoms with van der Waals surface area (Å²) in [4.78, 5) is 0. The lowest BCUT2D eigenvalue weighted by Gasteiger charge is -1.89. The summed E-state index contributed by atoms with van der Waals surface area (Å²) >= 11 is 1.36. The van der Waals surface area contributed by atoms with Crippen LogP contribution < -0.4 is 5.73 Å². The van der Waals surface area contributed by atoms with E-state index in [0.29, 0.717) is 5.13 Å². The Kier molecular flexibility index (Phi) is 1.72. The van der Waals surface area contributed by atoms with Gasteiger partial charge in [0.1, 0.15) is 11.8 Å². The van der Waals surface area contributed by atoms with E-state index < -0.39 is 0 Å². The monoisotopic (exact) mass is 217 g/mol. The summed E-state index contributed by atoms with van der Waals surface area (Å²) in [6.07, 6.45) is 1.69. The molecule has 0 fully saturated rings. The molecule has 3 aromatic rings. The van der Waals surface area contributed by atoms with Crippen molar-refractivity contribution < 1.29 is 4.42 Å². The third-order valence-electron chi connectivity index (χ3n) is 2.15. The Morgan fingerprint density at radius 2 is 2.07 bits per heavy atom. The molecule has 2 N–H and O–H groups in total. The Hall–Kier alpha value is -1.88. The van der Waals surface area contributed by atoms with E-state index in [-0.39, 0.29) is 0 Å². The number of nitrogens with zero attached hydrogens (tertiary/aromatic N) is 2. The molecule has 0 amide bonds. The van der Waals surface area contributed by atoms with Gasteiger partial charge in [0.2, 0.25) is 5.13 Å². The number of para-hydroxylation sites is 1. The van der Waals surface area contributed by atoms with Crippen molar-refractivity contribution in [3.8, 4) is 10.6 Å². The lowest BCUT2D eigenvalue weighted by molar-refractivity contribution is 0.617. The number of nitrogen functional groups attached to an aromatic ring is 1. The van der Waals surface area contributed by atoms with Crippen LogP contribution in [0.1, 0.15) is 0 Å². The molecule has 0 spiro atoms. The van der Waals surface area contributed by atoms with E-state index in [2.05, 4.69) is 10.2 Å². The minimum atomic E-state index is 0.468. The SMILES string of the molecule is Nc1nnc(-c2coc3ccccc23)s1. The van der Waals surface area contributed by atoms with E-state index in [9.17, 15) is 0 Å². The molecule has 0 radical (unpaired) electrons. The maximum Gasteiger partial charge on any atom is 0.203 e. The van der Waals surface area contributed by atoms with Crippen molar-refractivity contribution >= 4 is 27.4 Å². The van der Waals surface area contributed by atoms with E-state index >= 15 is 0 Å². The second kappa shape index (κ2) is 3.06. The van der Waals surface area contributed by atoms with E-state index in [1.165, 1.54) is 11.3 Å². The standard InChI is InChI=1S/C10H7N3OS/c11-10-13-12-9(15-10)7-5-14-8-4-2-1-3-6(7)8/h1-5H,(H2,11,13). The Balaban J connectivity index is 2.27. The third kappa shape index (κ3) is 1.28. The van der Waals surface area contributed by atoms with Gasteiger partial charge in [0.15, 0.2) is 5.01 Å². The van der Waals surface area contributed by atoms with Gasteiger partial charge >= 0.3 is 0 Å². The van der Waals surface area contributed by atoms with Crippen molar-refractivity contribution in [2.45, 2.75) is 0 Å². The quantitative estimate of drug-likeness (QED) is 0.680. The minimum Gasteiger partial charge on any atom is -0.464 e. The molecule has 3 rings (SSSR count). The zero-order chi connectivity index (χ0) is 10.3. The normalized spacial score (nSPS) is 10.9. The molecular weight excluding hydrogens is 210 g/mol. The number of hydrogen-bond donors (Lipinski definition) is 1. The first-order valence-corrected chi connectivity index (χ1v) is 5.22. The molecule has 15 heavy (non-hydrogen) atoms. The summed E-state index contributed by atoms with van der Waals surface area (Å²) in [6, 6.07) is 7.81. The van der Waals surface area contributed by atoms with Crippen molar-refractivity contribution in [1.29, 1.82) is 0 Å².